The zero-order valence-electron chi connectivity index (χ0n) is 12.7. The van der Waals surface area contributed by atoms with E-state index in [1.54, 1.807) is 6.07 Å². The highest BCUT2D eigenvalue weighted by Crippen LogP contribution is 2.37. The minimum Gasteiger partial charge on any atom is -0.508 e. The zero-order valence-corrected chi connectivity index (χ0v) is 12.7. The van der Waals surface area contributed by atoms with Crippen LogP contribution < -0.4 is 0 Å². The van der Waals surface area contributed by atoms with Crippen LogP contribution in [0.15, 0.2) is 28.8 Å². The number of rotatable bonds is 4. The van der Waals surface area contributed by atoms with Gasteiger partial charge in [0, 0.05) is 30.1 Å². The SMILES string of the molecule is CCc1onc(C)c1[C@@H]1CCCN1Cc1ccccc1O. The Hall–Kier alpha value is -1.81. The van der Waals surface area contributed by atoms with Gasteiger partial charge in [0.15, 0.2) is 0 Å². The van der Waals surface area contributed by atoms with Crippen molar-refractivity contribution in [3.05, 3.63) is 46.8 Å². The summed E-state index contributed by atoms with van der Waals surface area (Å²) in [5.74, 6) is 1.38. The minimum absolute atomic E-state index is 0.353. The van der Waals surface area contributed by atoms with E-state index in [-0.39, 0.29) is 0 Å². The van der Waals surface area contributed by atoms with Crippen LogP contribution in [0.2, 0.25) is 0 Å². The van der Waals surface area contributed by atoms with E-state index in [0.717, 1.165) is 42.9 Å². The molecule has 2 aromatic rings. The lowest BCUT2D eigenvalue weighted by molar-refractivity contribution is 0.242. The second-order valence-electron chi connectivity index (χ2n) is 5.72. The summed E-state index contributed by atoms with van der Waals surface area (Å²) in [6.07, 6.45) is 3.17. The van der Waals surface area contributed by atoms with Gasteiger partial charge >= 0.3 is 0 Å². The standard InChI is InChI=1S/C17H22N2O2/c1-3-16-17(12(2)18-21-16)14-8-6-10-19(14)11-13-7-4-5-9-15(13)20/h4-5,7,9,14,20H,3,6,8,10-11H2,1-2H3/t14-/m0/s1. The van der Waals surface area contributed by atoms with Crippen molar-refractivity contribution in [3.8, 4) is 5.75 Å². The summed E-state index contributed by atoms with van der Waals surface area (Å²) in [6.45, 7) is 5.94. The number of benzene rings is 1. The number of aromatic nitrogens is 1. The van der Waals surface area contributed by atoms with Gasteiger partial charge in [-0.15, -0.1) is 0 Å². The molecule has 2 heterocycles. The third-order valence-electron chi connectivity index (χ3n) is 4.37. The van der Waals surface area contributed by atoms with E-state index < -0.39 is 0 Å². The fourth-order valence-electron chi connectivity index (χ4n) is 3.31. The molecule has 1 fully saturated rings. The molecule has 0 spiro atoms. The topological polar surface area (TPSA) is 49.5 Å². The maximum atomic E-state index is 9.99. The number of phenolic OH excluding ortho intramolecular Hbond substituents is 1. The Morgan fingerprint density at radius 2 is 2.19 bits per heavy atom. The molecule has 0 amide bonds. The van der Waals surface area contributed by atoms with Crippen LogP contribution in [0.3, 0.4) is 0 Å². The fraction of sp³-hybridized carbons (Fsp3) is 0.471. The van der Waals surface area contributed by atoms with Crippen molar-refractivity contribution in [1.82, 2.24) is 10.1 Å². The van der Waals surface area contributed by atoms with Crippen molar-refractivity contribution < 1.29 is 9.63 Å². The second kappa shape index (κ2) is 5.90. The molecule has 0 bridgehead atoms. The molecule has 4 heteroatoms. The average molecular weight is 286 g/mol. The minimum atomic E-state index is 0.353. The van der Waals surface area contributed by atoms with Gasteiger partial charge in [0.05, 0.1) is 5.69 Å². The van der Waals surface area contributed by atoms with Crippen molar-refractivity contribution in [2.75, 3.05) is 6.54 Å². The molecule has 3 rings (SSSR count). The van der Waals surface area contributed by atoms with Crippen LogP contribution in [0.25, 0.3) is 0 Å². The smallest absolute Gasteiger partial charge is 0.141 e. The highest BCUT2D eigenvalue weighted by molar-refractivity contribution is 5.33. The Bertz CT molecular complexity index is 621. The summed E-state index contributed by atoms with van der Waals surface area (Å²) in [5, 5.41) is 14.1. The van der Waals surface area contributed by atoms with Crippen molar-refractivity contribution >= 4 is 0 Å². The molecule has 1 aromatic carbocycles. The van der Waals surface area contributed by atoms with Crippen LogP contribution in [0.1, 0.15) is 48.4 Å². The van der Waals surface area contributed by atoms with Gasteiger partial charge in [-0.2, -0.15) is 0 Å². The summed E-state index contributed by atoms with van der Waals surface area (Å²) in [4.78, 5) is 2.42. The molecule has 0 saturated carbocycles. The molecule has 1 aromatic heterocycles. The van der Waals surface area contributed by atoms with Crippen LogP contribution in [-0.2, 0) is 13.0 Å². The number of aromatic hydroxyl groups is 1. The average Bonchev–Trinajstić information content (AvgIpc) is 3.07. The lowest BCUT2D eigenvalue weighted by Crippen LogP contribution is -2.23. The van der Waals surface area contributed by atoms with Crippen LogP contribution in [-0.4, -0.2) is 21.7 Å². The van der Waals surface area contributed by atoms with Crippen LogP contribution in [0.4, 0.5) is 0 Å². The molecule has 112 valence electrons. The van der Waals surface area contributed by atoms with Gasteiger partial charge < -0.3 is 9.63 Å². The van der Waals surface area contributed by atoms with Crippen molar-refractivity contribution in [3.63, 3.8) is 0 Å². The van der Waals surface area contributed by atoms with Gasteiger partial charge in [-0.3, -0.25) is 4.90 Å². The lowest BCUT2D eigenvalue weighted by atomic mass is 10.0. The number of para-hydroxylation sites is 1. The van der Waals surface area contributed by atoms with E-state index in [0.29, 0.717) is 11.8 Å². The molecule has 4 nitrogen and oxygen atoms in total. The predicted molar refractivity (Wildman–Crippen MR) is 81.1 cm³/mol. The van der Waals surface area contributed by atoms with Gasteiger partial charge in [0.1, 0.15) is 11.5 Å². The van der Waals surface area contributed by atoms with Crippen LogP contribution in [0, 0.1) is 6.92 Å². The zero-order chi connectivity index (χ0) is 14.8. The van der Waals surface area contributed by atoms with E-state index in [1.807, 2.05) is 25.1 Å². The highest BCUT2D eigenvalue weighted by atomic mass is 16.5. The summed E-state index contributed by atoms with van der Waals surface area (Å²) in [5.41, 5.74) is 3.24. The van der Waals surface area contributed by atoms with Gasteiger partial charge in [0.25, 0.3) is 0 Å². The monoisotopic (exact) mass is 286 g/mol. The fourth-order valence-corrected chi connectivity index (χ4v) is 3.31. The molecule has 1 N–H and O–H groups in total. The first-order valence-electron chi connectivity index (χ1n) is 7.66. The van der Waals surface area contributed by atoms with E-state index in [2.05, 4.69) is 17.0 Å². The number of likely N-dealkylation sites (tertiary alicyclic amines) is 1. The second-order valence-corrected chi connectivity index (χ2v) is 5.72. The first-order chi connectivity index (χ1) is 10.2. The molecule has 1 saturated heterocycles. The number of nitrogens with zero attached hydrogens (tertiary/aromatic N) is 2. The molecular formula is C17H22N2O2. The third kappa shape index (κ3) is 2.68. The maximum absolute atomic E-state index is 9.99. The highest BCUT2D eigenvalue weighted by Gasteiger charge is 2.31. The first-order valence-corrected chi connectivity index (χ1v) is 7.66. The number of aryl methyl sites for hydroxylation is 2. The Balaban J connectivity index is 1.86. The third-order valence-corrected chi connectivity index (χ3v) is 4.37. The predicted octanol–water partition coefficient (Wildman–Crippen LogP) is 3.59. The molecule has 0 radical (unpaired) electrons. The van der Waals surface area contributed by atoms with E-state index >= 15 is 0 Å². The molecule has 21 heavy (non-hydrogen) atoms. The normalized spacial score (nSPS) is 19.2. The van der Waals surface area contributed by atoms with E-state index in [4.69, 9.17) is 4.52 Å². The van der Waals surface area contributed by atoms with Crippen molar-refractivity contribution in [1.29, 1.82) is 0 Å². The summed E-state index contributed by atoms with van der Waals surface area (Å²) in [7, 11) is 0. The summed E-state index contributed by atoms with van der Waals surface area (Å²) < 4.78 is 5.45. The number of phenols is 1. The maximum Gasteiger partial charge on any atom is 0.141 e. The Morgan fingerprint density at radius 1 is 1.38 bits per heavy atom. The molecular weight excluding hydrogens is 264 g/mol. The van der Waals surface area contributed by atoms with Gasteiger partial charge in [-0.25, -0.2) is 0 Å². The summed E-state index contributed by atoms with van der Waals surface area (Å²) in [6, 6.07) is 7.93. The molecule has 0 aliphatic carbocycles. The summed E-state index contributed by atoms with van der Waals surface area (Å²) >= 11 is 0. The van der Waals surface area contributed by atoms with Gasteiger partial charge in [0.2, 0.25) is 0 Å². The van der Waals surface area contributed by atoms with Gasteiger partial charge in [-0.05, 0) is 32.4 Å². The van der Waals surface area contributed by atoms with Crippen molar-refractivity contribution in [2.24, 2.45) is 0 Å². The quantitative estimate of drug-likeness (QED) is 0.933. The van der Waals surface area contributed by atoms with Crippen LogP contribution in [0.5, 0.6) is 5.75 Å². The largest absolute Gasteiger partial charge is 0.508 e. The molecule has 0 unspecified atom stereocenters. The molecule has 1 aliphatic heterocycles. The Labute approximate surface area is 125 Å². The van der Waals surface area contributed by atoms with Crippen LogP contribution >= 0.6 is 0 Å². The van der Waals surface area contributed by atoms with Gasteiger partial charge in [-0.1, -0.05) is 30.3 Å². The lowest BCUT2D eigenvalue weighted by Gasteiger charge is -2.25. The van der Waals surface area contributed by atoms with E-state index in [1.165, 1.54) is 12.0 Å². The number of hydrogen-bond donors (Lipinski definition) is 1. The first kappa shape index (κ1) is 14.1. The Morgan fingerprint density at radius 3 is 2.95 bits per heavy atom. The number of hydrogen-bond acceptors (Lipinski definition) is 4. The van der Waals surface area contributed by atoms with Crippen molar-refractivity contribution in [2.45, 2.75) is 45.7 Å². The van der Waals surface area contributed by atoms with E-state index in [9.17, 15) is 5.11 Å². The molecule has 1 atom stereocenters. The Kier molecular flexibility index (Phi) is 3.97. The molecule has 1 aliphatic rings.